The van der Waals surface area contributed by atoms with Gasteiger partial charge in [0.25, 0.3) is 0 Å². The number of carboxylic acid groups (broad SMARTS) is 2. The molecule has 0 aliphatic carbocycles. The molecule has 6 N–H and O–H groups in total. The molecule has 116 valence electrons. The fourth-order valence-electron chi connectivity index (χ4n) is 1.86. The highest BCUT2D eigenvalue weighted by Gasteiger charge is 2.27. The van der Waals surface area contributed by atoms with Gasteiger partial charge in [-0.05, 0) is 12.0 Å². The van der Waals surface area contributed by atoms with Gasteiger partial charge in [-0.25, -0.2) is 0 Å². The number of aliphatic hydroxyl groups excluding tert-OH is 1. The van der Waals surface area contributed by atoms with E-state index in [1.807, 2.05) is 30.3 Å². The SMILES string of the molecule is N[C@@H](Cc1ccccc1)C(=O)O.O=C(O)C1CC(O)CN1. The standard InChI is InChI=1S/C9H11NO2.C5H9NO3/c10-8(9(11)12)6-7-4-2-1-3-5-7;7-3-1-4(5(8)9)6-2-3/h1-5,8H,6,10H2,(H,11,12);3-4,6-7H,1-2H2,(H,8,9)/t8-;/m0./s1. The number of rotatable bonds is 4. The van der Waals surface area contributed by atoms with Crippen LogP contribution in [-0.2, 0) is 16.0 Å². The second-order valence-corrected chi connectivity index (χ2v) is 4.82. The molecule has 0 saturated carbocycles. The number of nitrogens with one attached hydrogen (secondary N) is 1. The van der Waals surface area contributed by atoms with E-state index in [0.29, 0.717) is 19.4 Å². The van der Waals surface area contributed by atoms with Gasteiger partial charge in [-0.3, -0.25) is 9.59 Å². The molecule has 2 rings (SSSR count). The molecule has 1 aromatic rings. The van der Waals surface area contributed by atoms with Gasteiger partial charge in [-0.15, -0.1) is 0 Å². The van der Waals surface area contributed by atoms with Gasteiger partial charge in [-0.1, -0.05) is 30.3 Å². The van der Waals surface area contributed by atoms with Crippen molar-refractivity contribution in [2.45, 2.75) is 31.0 Å². The van der Waals surface area contributed by atoms with E-state index in [9.17, 15) is 9.59 Å². The van der Waals surface area contributed by atoms with Crippen LogP contribution in [-0.4, -0.2) is 52.0 Å². The summed E-state index contributed by atoms with van der Waals surface area (Å²) in [6.07, 6.45) is 0.233. The monoisotopic (exact) mass is 296 g/mol. The average Bonchev–Trinajstić information content (AvgIpc) is 2.87. The topological polar surface area (TPSA) is 133 Å². The zero-order chi connectivity index (χ0) is 15.8. The average molecular weight is 296 g/mol. The second-order valence-electron chi connectivity index (χ2n) is 4.82. The molecule has 2 unspecified atom stereocenters. The Bertz CT molecular complexity index is 466. The number of carboxylic acids is 2. The molecule has 7 heteroatoms. The van der Waals surface area contributed by atoms with Crippen LogP contribution in [0.5, 0.6) is 0 Å². The molecule has 0 bridgehead atoms. The predicted molar refractivity (Wildman–Crippen MR) is 75.8 cm³/mol. The van der Waals surface area contributed by atoms with Crippen LogP contribution in [0.1, 0.15) is 12.0 Å². The lowest BCUT2D eigenvalue weighted by atomic mass is 10.1. The highest BCUT2D eigenvalue weighted by Crippen LogP contribution is 2.05. The van der Waals surface area contributed by atoms with Gasteiger partial charge in [0.05, 0.1) is 6.10 Å². The smallest absolute Gasteiger partial charge is 0.320 e. The summed E-state index contributed by atoms with van der Waals surface area (Å²) in [7, 11) is 0. The summed E-state index contributed by atoms with van der Waals surface area (Å²) in [6.45, 7) is 0.400. The molecule has 3 atom stereocenters. The number of carbonyl (C=O) groups is 2. The third kappa shape index (κ3) is 6.35. The van der Waals surface area contributed by atoms with Crippen molar-refractivity contribution in [1.82, 2.24) is 5.32 Å². The first-order valence-corrected chi connectivity index (χ1v) is 6.56. The summed E-state index contributed by atoms with van der Waals surface area (Å²) in [6, 6.07) is 8.00. The summed E-state index contributed by atoms with van der Waals surface area (Å²) in [4.78, 5) is 20.6. The number of hydrogen-bond donors (Lipinski definition) is 5. The molecule has 1 fully saturated rings. The molecule has 1 aliphatic rings. The quantitative estimate of drug-likeness (QED) is 0.502. The largest absolute Gasteiger partial charge is 0.480 e. The minimum Gasteiger partial charge on any atom is -0.480 e. The molecule has 1 heterocycles. The zero-order valence-electron chi connectivity index (χ0n) is 11.5. The fourth-order valence-corrected chi connectivity index (χ4v) is 1.86. The van der Waals surface area contributed by atoms with Crippen molar-refractivity contribution < 1.29 is 24.9 Å². The van der Waals surface area contributed by atoms with Gasteiger partial charge < -0.3 is 26.4 Å². The fraction of sp³-hybridized carbons (Fsp3) is 0.429. The molecule has 0 radical (unpaired) electrons. The summed E-state index contributed by atoms with van der Waals surface area (Å²) in [5.41, 5.74) is 6.30. The molecule has 0 amide bonds. The maximum atomic E-state index is 10.4. The van der Waals surface area contributed by atoms with E-state index in [0.717, 1.165) is 5.56 Å². The molecule has 1 saturated heterocycles. The van der Waals surface area contributed by atoms with Crippen molar-refractivity contribution in [3.63, 3.8) is 0 Å². The minimum atomic E-state index is -0.959. The van der Waals surface area contributed by atoms with Crippen molar-refractivity contribution >= 4 is 11.9 Å². The summed E-state index contributed by atoms with van der Waals surface area (Å²) < 4.78 is 0. The van der Waals surface area contributed by atoms with Crippen LogP contribution in [0.4, 0.5) is 0 Å². The highest BCUT2D eigenvalue weighted by atomic mass is 16.4. The first-order chi connectivity index (χ1) is 9.90. The highest BCUT2D eigenvalue weighted by molar-refractivity contribution is 5.74. The Kier molecular flexibility index (Phi) is 6.80. The normalized spacial score (nSPS) is 22.0. The van der Waals surface area contributed by atoms with E-state index < -0.39 is 30.1 Å². The lowest BCUT2D eigenvalue weighted by Gasteiger charge is -2.04. The van der Waals surface area contributed by atoms with E-state index in [4.69, 9.17) is 21.1 Å². The lowest BCUT2D eigenvalue weighted by Crippen LogP contribution is -2.32. The van der Waals surface area contributed by atoms with Gasteiger partial charge in [0, 0.05) is 13.0 Å². The Balaban J connectivity index is 0.000000219. The third-order valence-electron chi connectivity index (χ3n) is 3.02. The van der Waals surface area contributed by atoms with E-state index in [2.05, 4.69) is 5.32 Å². The van der Waals surface area contributed by atoms with Gasteiger partial charge in [0.1, 0.15) is 12.1 Å². The van der Waals surface area contributed by atoms with Crippen LogP contribution in [0.15, 0.2) is 30.3 Å². The molecule has 7 nitrogen and oxygen atoms in total. The van der Waals surface area contributed by atoms with E-state index in [-0.39, 0.29) is 0 Å². The van der Waals surface area contributed by atoms with E-state index in [1.165, 1.54) is 0 Å². The Morgan fingerprint density at radius 3 is 2.29 bits per heavy atom. The molecule has 1 aliphatic heterocycles. The molecule has 0 aromatic heterocycles. The van der Waals surface area contributed by atoms with Crippen LogP contribution in [0.3, 0.4) is 0 Å². The molecule has 0 spiro atoms. The lowest BCUT2D eigenvalue weighted by molar-refractivity contribution is -0.139. The molecular formula is C14H20N2O5. The number of hydrogen-bond acceptors (Lipinski definition) is 5. The summed E-state index contributed by atoms with van der Waals surface area (Å²) in [5, 5.41) is 28.4. The van der Waals surface area contributed by atoms with Crippen LogP contribution in [0.2, 0.25) is 0 Å². The van der Waals surface area contributed by atoms with Gasteiger partial charge in [0.2, 0.25) is 0 Å². The minimum absolute atomic E-state index is 0.329. The van der Waals surface area contributed by atoms with Gasteiger partial charge in [-0.2, -0.15) is 0 Å². The Labute approximate surface area is 122 Å². The number of benzene rings is 1. The first kappa shape index (κ1) is 17.1. The molecule has 21 heavy (non-hydrogen) atoms. The van der Waals surface area contributed by atoms with Crippen LogP contribution < -0.4 is 11.1 Å². The van der Waals surface area contributed by atoms with Crippen molar-refractivity contribution in [2.75, 3.05) is 6.54 Å². The van der Waals surface area contributed by atoms with Crippen molar-refractivity contribution in [1.29, 1.82) is 0 Å². The maximum Gasteiger partial charge on any atom is 0.320 e. The zero-order valence-corrected chi connectivity index (χ0v) is 11.5. The van der Waals surface area contributed by atoms with Gasteiger partial charge >= 0.3 is 11.9 Å². The Morgan fingerprint density at radius 2 is 1.90 bits per heavy atom. The van der Waals surface area contributed by atoms with E-state index in [1.54, 1.807) is 0 Å². The number of aliphatic carboxylic acids is 2. The summed E-state index contributed by atoms with van der Waals surface area (Å²) >= 11 is 0. The number of aliphatic hydroxyl groups is 1. The van der Waals surface area contributed by atoms with Crippen molar-refractivity contribution in [3.8, 4) is 0 Å². The first-order valence-electron chi connectivity index (χ1n) is 6.56. The van der Waals surface area contributed by atoms with Crippen LogP contribution in [0, 0.1) is 0 Å². The number of nitrogens with two attached hydrogens (primary N) is 1. The Morgan fingerprint density at radius 1 is 1.29 bits per heavy atom. The molecule has 1 aromatic carbocycles. The van der Waals surface area contributed by atoms with Crippen LogP contribution in [0.25, 0.3) is 0 Å². The van der Waals surface area contributed by atoms with Crippen LogP contribution >= 0.6 is 0 Å². The van der Waals surface area contributed by atoms with Crippen molar-refractivity contribution in [2.24, 2.45) is 5.73 Å². The number of β-amino-alcohol motifs (C(OH)–C–C–N with tert-alkyl or cyclic N) is 1. The summed E-state index contributed by atoms with van der Waals surface area (Å²) in [5.74, 6) is -1.84. The van der Waals surface area contributed by atoms with Gasteiger partial charge in [0.15, 0.2) is 0 Å². The Hall–Kier alpha value is -1.96. The second kappa shape index (κ2) is 8.35. The predicted octanol–water partition coefficient (Wildman–Crippen LogP) is -0.565. The van der Waals surface area contributed by atoms with E-state index >= 15 is 0 Å². The maximum absolute atomic E-state index is 10.4. The molecular weight excluding hydrogens is 276 g/mol. The third-order valence-corrected chi connectivity index (χ3v) is 3.02. The van der Waals surface area contributed by atoms with Crippen molar-refractivity contribution in [3.05, 3.63) is 35.9 Å².